The van der Waals surface area contributed by atoms with Gasteiger partial charge < -0.3 is 24.4 Å². The first-order chi connectivity index (χ1) is 17.5. The fourth-order valence-electron chi connectivity index (χ4n) is 4.74. The van der Waals surface area contributed by atoms with E-state index < -0.39 is 12.0 Å². The molecule has 3 aromatic rings. The highest BCUT2D eigenvalue weighted by Crippen LogP contribution is 2.30. The van der Waals surface area contributed by atoms with Crippen molar-refractivity contribution in [1.29, 1.82) is 0 Å². The average molecular weight is 489 g/mol. The predicted octanol–water partition coefficient (Wildman–Crippen LogP) is 3.11. The minimum atomic E-state index is -0.476. The molecule has 2 amide bonds. The Kier molecular flexibility index (Phi) is 8.23. The fourth-order valence-corrected chi connectivity index (χ4v) is 4.74. The van der Waals surface area contributed by atoms with Crippen LogP contribution in [0.25, 0.3) is 0 Å². The molecule has 36 heavy (non-hydrogen) atoms. The van der Waals surface area contributed by atoms with Gasteiger partial charge in [0.2, 0.25) is 11.8 Å². The van der Waals surface area contributed by atoms with E-state index in [1.807, 2.05) is 66.7 Å². The molecule has 0 bridgehead atoms. The summed E-state index contributed by atoms with van der Waals surface area (Å²) < 4.78 is 10.6. The maximum Gasteiger partial charge on any atom is 0.235 e. The second kappa shape index (κ2) is 11.7. The van der Waals surface area contributed by atoms with Gasteiger partial charge >= 0.3 is 0 Å². The lowest BCUT2D eigenvalue weighted by Crippen LogP contribution is -2.59. The van der Waals surface area contributed by atoms with Gasteiger partial charge in [0.25, 0.3) is 0 Å². The smallest absolute Gasteiger partial charge is 0.235 e. The molecular formula is C29H32N2O5. The van der Waals surface area contributed by atoms with Crippen LogP contribution in [0.1, 0.15) is 22.6 Å². The van der Waals surface area contributed by atoms with Crippen molar-refractivity contribution in [1.82, 2.24) is 9.80 Å². The number of benzene rings is 3. The van der Waals surface area contributed by atoms with Gasteiger partial charge in [0.15, 0.2) is 11.5 Å². The van der Waals surface area contributed by atoms with Crippen molar-refractivity contribution in [2.45, 2.75) is 18.4 Å². The number of nitrogens with zero attached hydrogens (tertiary/aromatic N) is 2. The monoisotopic (exact) mass is 488 g/mol. The highest BCUT2D eigenvalue weighted by Gasteiger charge is 2.36. The molecule has 1 fully saturated rings. The number of aliphatic hydroxyl groups excluding tert-OH is 1. The first kappa shape index (κ1) is 25.3. The van der Waals surface area contributed by atoms with Crippen LogP contribution in [0.15, 0.2) is 78.9 Å². The summed E-state index contributed by atoms with van der Waals surface area (Å²) in [7, 11) is 3.13. The van der Waals surface area contributed by atoms with E-state index in [9.17, 15) is 14.7 Å². The van der Waals surface area contributed by atoms with Crippen molar-refractivity contribution >= 4 is 11.8 Å². The van der Waals surface area contributed by atoms with Gasteiger partial charge in [0, 0.05) is 19.6 Å². The maximum atomic E-state index is 13.9. The van der Waals surface area contributed by atoms with Crippen LogP contribution < -0.4 is 9.47 Å². The summed E-state index contributed by atoms with van der Waals surface area (Å²) in [6.45, 7) is 0.829. The largest absolute Gasteiger partial charge is 0.493 e. The molecular weight excluding hydrogens is 456 g/mol. The summed E-state index contributed by atoms with van der Waals surface area (Å²) in [4.78, 5) is 30.4. The number of hydrogen-bond acceptors (Lipinski definition) is 5. The first-order valence-electron chi connectivity index (χ1n) is 12.1. The van der Waals surface area contributed by atoms with Crippen molar-refractivity contribution < 1.29 is 24.2 Å². The quantitative estimate of drug-likeness (QED) is 0.527. The number of rotatable bonds is 8. The van der Waals surface area contributed by atoms with Crippen molar-refractivity contribution in [3.8, 4) is 11.5 Å². The molecule has 1 heterocycles. The van der Waals surface area contributed by atoms with Gasteiger partial charge in [-0.2, -0.15) is 0 Å². The number of ether oxygens (including phenoxy) is 2. The summed E-state index contributed by atoms with van der Waals surface area (Å²) >= 11 is 0. The van der Waals surface area contributed by atoms with Crippen LogP contribution in [0.4, 0.5) is 0 Å². The van der Waals surface area contributed by atoms with Crippen LogP contribution in [0.5, 0.6) is 11.5 Å². The standard InChI is InChI=1S/C29H32N2O5/c1-35-25-14-13-21(17-26(25)36-2)18-27(33)30-15-16-31(24(19-30)20-32)29(34)28(22-9-5-3-6-10-22)23-11-7-4-8-12-23/h3-14,17,24,28,32H,15-16,18-20H2,1-2H3. The zero-order chi connectivity index (χ0) is 25.5. The van der Waals surface area contributed by atoms with E-state index >= 15 is 0 Å². The molecule has 1 unspecified atom stereocenters. The number of carbonyl (C=O) groups excluding carboxylic acids is 2. The molecule has 0 saturated carbocycles. The van der Waals surface area contributed by atoms with Gasteiger partial charge in [-0.25, -0.2) is 0 Å². The lowest BCUT2D eigenvalue weighted by atomic mass is 9.89. The average Bonchev–Trinajstić information content (AvgIpc) is 2.93. The molecule has 188 valence electrons. The SMILES string of the molecule is COc1ccc(CC(=O)N2CCN(C(=O)C(c3ccccc3)c3ccccc3)C(CO)C2)cc1OC. The third kappa shape index (κ3) is 5.52. The zero-order valence-electron chi connectivity index (χ0n) is 20.7. The molecule has 0 spiro atoms. The zero-order valence-corrected chi connectivity index (χ0v) is 20.7. The number of piperazine rings is 1. The molecule has 1 aliphatic rings. The van der Waals surface area contributed by atoms with Crippen LogP contribution in [-0.4, -0.2) is 73.2 Å². The Morgan fingerprint density at radius 2 is 1.50 bits per heavy atom. The molecule has 0 aromatic heterocycles. The van der Waals surface area contributed by atoms with E-state index in [0.29, 0.717) is 24.6 Å². The molecule has 3 aromatic carbocycles. The first-order valence-corrected chi connectivity index (χ1v) is 12.1. The minimum Gasteiger partial charge on any atom is -0.493 e. The molecule has 1 N–H and O–H groups in total. The van der Waals surface area contributed by atoms with Crippen LogP contribution in [0.3, 0.4) is 0 Å². The van der Waals surface area contributed by atoms with E-state index in [0.717, 1.165) is 16.7 Å². The van der Waals surface area contributed by atoms with Crippen LogP contribution in [0.2, 0.25) is 0 Å². The molecule has 0 radical (unpaired) electrons. The Hall–Kier alpha value is -3.84. The van der Waals surface area contributed by atoms with Gasteiger partial charge in [-0.05, 0) is 28.8 Å². The van der Waals surface area contributed by atoms with E-state index in [1.54, 1.807) is 36.2 Å². The number of aliphatic hydroxyl groups is 1. The molecule has 7 heteroatoms. The van der Waals surface area contributed by atoms with Crippen LogP contribution in [-0.2, 0) is 16.0 Å². The van der Waals surface area contributed by atoms with Crippen molar-refractivity contribution in [3.63, 3.8) is 0 Å². The Morgan fingerprint density at radius 3 is 2.06 bits per heavy atom. The molecule has 1 saturated heterocycles. The number of carbonyl (C=O) groups is 2. The lowest BCUT2D eigenvalue weighted by Gasteiger charge is -2.42. The Bertz CT molecular complexity index is 1130. The second-order valence-electron chi connectivity index (χ2n) is 8.83. The topological polar surface area (TPSA) is 79.3 Å². The highest BCUT2D eigenvalue weighted by molar-refractivity contribution is 5.88. The van der Waals surface area contributed by atoms with Gasteiger partial charge in [0.05, 0.1) is 39.2 Å². The number of hydrogen-bond donors (Lipinski definition) is 1. The van der Waals surface area contributed by atoms with Crippen LogP contribution >= 0.6 is 0 Å². The summed E-state index contributed by atoms with van der Waals surface area (Å²) in [5.74, 6) is 0.566. The van der Waals surface area contributed by atoms with Crippen molar-refractivity contribution in [3.05, 3.63) is 95.6 Å². The highest BCUT2D eigenvalue weighted by atomic mass is 16.5. The normalized spacial score (nSPS) is 15.6. The number of amides is 2. The third-order valence-corrected chi connectivity index (χ3v) is 6.65. The summed E-state index contributed by atoms with van der Waals surface area (Å²) in [6, 6.07) is 24.3. The predicted molar refractivity (Wildman–Crippen MR) is 137 cm³/mol. The second-order valence-corrected chi connectivity index (χ2v) is 8.83. The summed E-state index contributed by atoms with van der Waals surface area (Å²) in [6.07, 6.45) is 0.198. The fraction of sp³-hybridized carbons (Fsp3) is 0.310. The van der Waals surface area contributed by atoms with Gasteiger partial charge in [0.1, 0.15) is 0 Å². The van der Waals surface area contributed by atoms with Gasteiger partial charge in [-0.15, -0.1) is 0 Å². The van der Waals surface area contributed by atoms with Gasteiger partial charge in [-0.1, -0.05) is 66.7 Å². The van der Waals surface area contributed by atoms with E-state index in [1.165, 1.54) is 0 Å². The maximum absolute atomic E-state index is 13.9. The van der Waals surface area contributed by atoms with Gasteiger partial charge in [-0.3, -0.25) is 9.59 Å². The Balaban J connectivity index is 1.49. The van der Waals surface area contributed by atoms with Crippen molar-refractivity contribution in [2.24, 2.45) is 0 Å². The summed E-state index contributed by atoms with van der Waals surface area (Å²) in [5.41, 5.74) is 2.61. The molecule has 0 aliphatic carbocycles. The van der Waals surface area contributed by atoms with Crippen molar-refractivity contribution in [2.75, 3.05) is 40.5 Å². The minimum absolute atomic E-state index is 0.0598. The number of methoxy groups -OCH3 is 2. The molecule has 1 atom stereocenters. The lowest BCUT2D eigenvalue weighted by molar-refractivity contribution is -0.144. The van der Waals surface area contributed by atoms with E-state index in [-0.39, 0.29) is 31.4 Å². The Morgan fingerprint density at radius 1 is 0.889 bits per heavy atom. The van der Waals surface area contributed by atoms with E-state index in [4.69, 9.17) is 9.47 Å². The third-order valence-electron chi connectivity index (χ3n) is 6.65. The van der Waals surface area contributed by atoms with Crippen LogP contribution in [0, 0.1) is 0 Å². The van der Waals surface area contributed by atoms with E-state index in [2.05, 4.69) is 0 Å². The molecule has 4 rings (SSSR count). The molecule has 7 nitrogen and oxygen atoms in total. The molecule has 1 aliphatic heterocycles. The Labute approximate surface area is 211 Å². The summed E-state index contributed by atoms with van der Waals surface area (Å²) in [5, 5.41) is 10.2.